The summed E-state index contributed by atoms with van der Waals surface area (Å²) in [6.45, 7) is 1.79. The smallest absolute Gasteiger partial charge is 0.253 e. The molecule has 3 nitrogen and oxygen atoms in total. The van der Waals surface area contributed by atoms with Crippen molar-refractivity contribution in [2.24, 2.45) is 5.92 Å². The summed E-state index contributed by atoms with van der Waals surface area (Å²) in [7, 11) is 0. The van der Waals surface area contributed by atoms with Crippen molar-refractivity contribution in [2.45, 2.75) is 37.6 Å². The Kier molecular flexibility index (Phi) is 4.75. The third-order valence-electron chi connectivity index (χ3n) is 6.48. The lowest BCUT2D eigenvalue weighted by molar-refractivity contribution is 0.0724. The van der Waals surface area contributed by atoms with Crippen LogP contribution >= 0.6 is 15.9 Å². The topological polar surface area (TPSA) is 32.3 Å². The number of hydrogen-bond acceptors (Lipinski definition) is 2. The van der Waals surface area contributed by atoms with Gasteiger partial charge in [0.05, 0.1) is 6.04 Å². The lowest BCUT2D eigenvalue weighted by atomic mass is 9.76. The molecule has 1 N–H and O–H groups in total. The molecule has 0 bridgehead atoms. The Morgan fingerprint density at radius 3 is 2.61 bits per heavy atom. The molecule has 0 unspecified atom stereocenters. The van der Waals surface area contributed by atoms with Gasteiger partial charge in [0.15, 0.2) is 0 Å². The van der Waals surface area contributed by atoms with Crippen molar-refractivity contribution in [1.82, 2.24) is 4.90 Å². The van der Waals surface area contributed by atoms with Gasteiger partial charge in [-0.3, -0.25) is 4.79 Å². The normalized spacial score (nSPS) is 25.8. The SMILES string of the molecule is O=C(c1ccc2c(c1)[C@@H]1C=CC[C@@H]1[C@@H](c1ccc(Br)cc1)N2)N1CCCCC1. The van der Waals surface area contributed by atoms with E-state index in [4.69, 9.17) is 0 Å². The number of nitrogens with one attached hydrogen (secondary N) is 1. The van der Waals surface area contributed by atoms with Gasteiger partial charge >= 0.3 is 0 Å². The molecular formula is C24H25BrN2O. The van der Waals surface area contributed by atoms with E-state index in [1.54, 1.807) is 0 Å². The molecule has 0 spiro atoms. The maximum atomic E-state index is 13.0. The predicted molar refractivity (Wildman–Crippen MR) is 117 cm³/mol. The molecule has 2 aromatic carbocycles. The highest BCUT2D eigenvalue weighted by Gasteiger charge is 2.38. The van der Waals surface area contributed by atoms with Crippen LogP contribution in [-0.2, 0) is 0 Å². The summed E-state index contributed by atoms with van der Waals surface area (Å²) in [5, 5.41) is 3.77. The lowest BCUT2D eigenvalue weighted by Gasteiger charge is -2.38. The summed E-state index contributed by atoms with van der Waals surface area (Å²) in [5.74, 6) is 1.06. The third-order valence-corrected chi connectivity index (χ3v) is 7.01. The van der Waals surface area contributed by atoms with E-state index < -0.39 is 0 Å². The van der Waals surface area contributed by atoms with Crippen LogP contribution in [0.2, 0.25) is 0 Å². The van der Waals surface area contributed by atoms with Crippen molar-refractivity contribution < 1.29 is 4.79 Å². The van der Waals surface area contributed by atoms with Crippen LogP contribution in [0.1, 0.15) is 59.1 Å². The average Bonchev–Trinajstić information content (AvgIpc) is 3.24. The fourth-order valence-electron chi connectivity index (χ4n) is 5.01. The first kappa shape index (κ1) is 18.0. The van der Waals surface area contributed by atoms with Crippen molar-refractivity contribution in [3.8, 4) is 0 Å². The average molecular weight is 437 g/mol. The Labute approximate surface area is 174 Å². The molecule has 1 saturated heterocycles. The number of allylic oxidation sites excluding steroid dienone is 2. The van der Waals surface area contributed by atoms with Gasteiger partial charge in [-0.15, -0.1) is 0 Å². The molecule has 2 aliphatic heterocycles. The van der Waals surface area contributed by atoms with Crippen LogP contribution in [0.5, 0.6) is 0 Å². The summed E-state index contributed by atoms with van der Waals surface area (Å²) in [5.41, 5.74) is 4.59. The molecular weight excluding hydrogens is 412 g/mol. The number of carbonyl (C=O) groups is 1. The number of rotatable bonds is 2. The number of likely N-dealkylation sites (tertiary alicyclic amines) is 1. The van der Waals surface area contributed by atoms with Crippen molar-refractivity contribution >= 4 is 27.5 Å². The second-order valence-corrected chi connectivity index (χ2v) is 9.10. The zero-order chi connectivity index (χ0) is 19.1. The zero-order valence-corrected chi connectivity index (χ0v) is 17.5. The van der Waals surface area contributed by atoms with Gasteiger partial charge in [-0.05, 0) is 73.1 Å². The molecule has 1 aliphatic carbocycles. The first-order valence-corrected chi connectivity index (χ1v) is 11.1. The van der Waals surface area contributed by atoms with Crippen molar-refractivity contribution in [2.75, 3.05) is 18.4 Å². The summed E-state index contributed by atoms with van der Waals surface area (Å²) in [6, 6.07) is 15.2. The Morgan fingerprint density at radius 1 is 1.04 bits per heavy atom. The molecule has 2 aromatic rings. The number of piperidine rings is 1. The van der Waals surface area contributed by atoms with Gasteiger partial charge in [-0.1, -0.05) is 40.2 Å². The first-order chi connectivity index (χ1) is 13.7. The number of anilines is 1. The molecule has 144 valence electrons. The van der Waals surface area contributed by atoms with Gasteiger partial charge < -0.3 is 10.2 Å². The fourth-order valence-corrected chi connectivity index (χ4v) is 5.27. The first-order valence-electron chi connectivity index (χ1n) is 10.3. The van der Waals surface area contributed by atoms with Gasteiger partial charge in [0.1, 0.15) is 0 Å². The van der Waals surface area contributed by atoms with Gasteiger partial charge in [-0.25, -0.2) is 0 Å². The molecule has 5 rings (SSSR count). The minimum absolute atomic E-state index is 0.191. The molecule has 28 heavy (non-hydrogen) atoms. The Bertz CT molecular complexity index is 915. The zero-order valence-electron chi connectivity index (χ0n) is 15.9. The molecule has 0 radical (unpaired) electrons. The highest BCUT2D eigenvalue weighted by Crippen LogP contribution is 2.50. The largest absolute Gasteiger partial charge is 0.378 e. The van der Waals surface area contributed by atoms with E-state index in [0.717, 1.165) is 48.1 Å². The summed E-state index contributed by atoms with van der Waals surface area (Å²) in [4.78, 5) is 15.0. The number of amides is 1. The van der Waals surface area contributed by atoms with Crippen LogP contribution in [0.25, 0.3) is 0 Å². The van der Waals surface area contributed by atoms with E-state index in [1.807, 2.05) is 11.0 Å². The minimum Gasteiger partial charge on any atom is -0.378 e. The number of nitrogens with zero attached hydrogens (tertiary/aromatic N) is 1. The van der Waals surface area contributed by atoms with E-state index in [-0.39, 0.29) is 5.91 Å². The molecule has 1 fully saturated rings. The van der Waals surface area contributed by atoms with Crippen LogP contribution in [0.15, 0.2) is 59.1 Å². The van der Waals surface area contributed by atoms with Gasteiger partial charge in [0.25, 0.3) is 5.91 Å². The summed E-state index contributed by atoms with van der Waals surface area (Å²) >= 11 is 3.54. The maximum Gasteiger partial charge on any atom is 0.253 e. The number of halogens is 1. The standard InChI is InChI=1S/C24H25BrN2O/c25-18-10-7-16(8-11-18)23-20-6-4-5-19(20)21-15-17(9-12-22(21)26-23)24(28)27-13-2-1-3-14-27/h4-5,7-12,15,19-20,23,26H,1-3,6,13-14H2/t19-,20+,23-/m1/s1. The van der Waals surface area contributed by atoms with Crippen molar-refractivity contribution in [1.29, 1.82) is 0 Å². The lowest BCUT2D eigenvalue weighted by Crippen LogP contribution is -2.36. The fraction of sp³-hybridized carbons (Fsp3) is 0.375. The molecule has 0 saturated carbocycles. The maximum absolute atomic E-state index is 13.0. The van der Waals surface area contributed by atoms with E-state index in [1.165, 1.54) is 17.5 Å². The van der Waals surface area contributed by atoms with E-state index >= 15 is 0 Å². The van der Waals surface area contributed by atoms with Crippen molar-refractivity contribution in [3.05, 3.63) is 75.8 Å². The van der Waals surface area contributed by atoms with Gasteiger partial charge in [0, 0.05) is 34.7 Å². The van der Waals surface area contributed by atoms with Gasteiger partial charge in [-0.2, -0.15) is 0 Å². The number of hydrogen-bond donors (Lipinski definition) is 1. The van der Waals surface area contributed by atoms with Crippen LogP contribution in [0, 0.1) is 5.92 Å². The number of benzene rings is 2. The Hall–Kier alpha value is -2.07. The second kappa shape index (κ2) is 7.40. The predicted octanol–water partition coefficient (Wildman–Crippen LogP) is 5.90. The van der Waals surface area contributed by atoms with Crippen LogP contribution in [-0.4, -0.2) is 23.9 Å². The van der Waals surface area contributed by atoms with E-state index in [2.05, 4.69) is 69.8 Å². The minimum atomic E-state index is 0.191. The summed E-state index contributed by atoms with van der Waals surface area (Å²) < 4.78 is 1.11. The molecule has 4 heteroatoms. The molecule has 3 atom stereocenters. The molecule has 3 aliphatic rings. The van der Waals surface area contributed by atoms with Gasteiger partial charge in [0.2, 0.25) is 0 Å². The third kappa shape index (κ3) is 3.18. The number of carbonyl (C=O) groups excluding carboxylic acids is 1. The van der Waals surface area contributed by atoms with E-state index in [9.17, 15) is 4.79 Å². The number of fused-ring (bicyclic) bond motifs is 3. The molecule has 1 amide bonds. The van der Waals surface area contributed by atoms with Crippen LogP contribution in [0.4, 0.5) is 5.69 Å². The van der Waals surface area contributed by atoms with E-state index in [0.29, 0.717) is 17.9 Å². The highest BCUT2D eigenvalue weighted by atomic mass is 79.9. The van der Waals surface area contributed by atoms with Crippen LogP contribution < -0.4 is 5.32 Å². The molecule has 2 heterocycles. The van der Waals surface area contributed by atoms with Crippen LogP contribution in [0.3, 0.4) is 0 Å². The highest BCUT2D eigenvalue weighted by molar-refractivity contribution is 9.10. The monoisotopic (exact) mass is 436 g/mol. The Morgan fingerprint density at radius 2 is 1.82 bits per heavy atom. The quantitative estimate of drug-likeness (QED) is 0.594. The molecule has 0 aromatic heterocycles. The van der Waals surface area contributed by atoms with Crippen molar-refractivity contribution in [3.63, 3.8) is 0 Å². The second-order valence-electron chi connectivity index (χ2n) is 8.18. The Balaban J connectivity index is 1.47. The summed E-state index contributed by atoms with van der Waals surface area (Å²) in [6.07, 6.45) is 9.20.